The van der Waals surface area contributed by atoms with Crippen LogP contribution in [-0.2, 0) is 4.79 Å². The van der Waals surface area contributed by atoms with E-state index in [2.05, 4.69) is 15.5 Å². The molecule has 1 aliphatic rings. The summed E-state index contributed by atoms with van der Waals surface area (Å²) in [5.74, 6) is 6.04. The number of amides is 1. The Morgan fingerprint density at radius 1 is 1.78 bits per heavy atom. The average molecular weight is 286 g/mol. The molecule has 0 radical (unpaired) electrons. The third-order valence-electron chi connectivity index (χ3n) is 2.63. The Bertz CT molecular complexity index is 612. The Kier molecular flexibility index (Phi) is 3.53. The zero-order chi connectivity index (χ0) is 13.3. The van der Waals surface area contributed by atoms with Crippen LogP contribution < -0.4 is 11.2 Å². The normalized spacial score (nSPS) is 14.9. The number of carbonyl (C=O) groups excluding carboxylic acids is 1. The van der Waals surface area contributed by atoms with Crippen molar-refractivity contribution in [1.29, 1.82) is 0 Å². The lowest BCUT2D eigenvalue weighted by molar-refractivity contribution is -0.118. The Labute approximate surface area is 113 Å². The number of nitrogens with two attached hydrogens (primary N) is 1. The number of nitrogens with one attached hydrogen (secondary N) is 2. The molecule has 4 N–H and O–H groups in total. The number of aromatic amines is 1. The van der Waals surface area contributed by atoms with Gasteiger partial charge < -0.3 is 11.2 Å². The highest BCUT2D eigenvalue weighted by atomic mass is 35.5. The summed E-state index contributed by atoms with van der Waals surface area (Å²) >= 11 is 10.4. The van der Waals surface area contributed by atoms with Crippen LogP contribution in [0.5, 0.6) is 0 Å². The molecule has 0 unspecified atom stereocenters. The lowest BCUT2D eigenvalue weighted by Crippen LogP contribution is -2.23. The van der Waals surface area contributed by atoms with E-state index in [0.717, 1.165) is 16.8 Å². The minimum Gasteiger partial charge on any atom is -0.335 e. The van der Waals surface area contributed by atoms with Crippen molar-refractivity contribution in [2.45, 2.75) is 13.3 Å². The fourth-order valence-electron chi connectivity index (χ4n) is 1.80. The molecule has 18 heavy (non-hydrogen) atoms. The number of hydrogen-bond acceptors (Lipinski definition) is 4. The Balaban J connectivity index is 2.20. The van der Waals surface area contributed by atoms with Gasteiger partial charge in [-0.15, -0.1) is 11.6 Å². The topological polar surface area (TPSA) is 88.7 Å². The van der Waals surface area contributed by atoms with Crippen LogP contribution in [0.2, 0.25) is 0 Å². The third kappa shape index (κ3) is 2.32. The van der Waals surface area contributed by atoms with Gasteiger partial charge in [-0.3, -0.25) is 4.79 Å². The van der Waals surface area contributed by atoms with E-state index in [0.29, 0.717) is 17.0 Å². The SMILES string of the molecule is CC1=C(c2n[nH]c(=S)n2N)CC(NC(=O)CCl)=C1. The number of H-pyrrole nitrogens is 1. The molecule has 8 heteroatoms. The van der Waals surface area contributed by atoms with Crippen LogP contribution in [-0.4, -0.2) is 26.7 Å². The minimum atomic E-state index is -0.233. The summed E-state index contributed by atoms with van der Waals surface area (Å²) in [4.78, 5) is 11.2. The predicted molar refractivity (Wildman–Crippen MR) is 71.7 cm³/mol. The molecule has 0 fully saturated rings. The van der Waals surface area contributed by atoms with Crippen LogP contribution in [0.4, 0.5) is 0 Å². The maximum Gasteiger partial charge on any atom is 0.239 e. The zero-order valence-corrected chi connectivity index (χ0v) is 11.2. The number of hydrogen-bond donors (Lipinski definition) is 3. The monoisotopic (exact) mass is 285 g/mol. The second-order valence-electron chi connectivity index (χ2n) is 3.91. The highest BCUT2D eigenvalue weighted by Gasteiger charge is 2.20. The van der Waals surface area contributed by atoms with Crippen molar-refractivity contribution in [1.82, 2.24) is 20.2 Å². The quantitative estimate of drug-likeness (QED) is 0.440. The van der Waals surface area contributed by atoms with Gasteiger partial charge >= 0.3 is 0 Å². The second-order valence-corrected chi connectivity index (χ2v) is 4.57. The molecule has 0 saturated heterocycles. The summed E-state index contributed by atoms with van der Waals surface area (Å²) in [5, 5.41) is 9.42. The van der Waals surface area contributed by atoms with Gasteiger partial charge in [-0.05, 0) is 30.8 Å². The lowest BCUT2D eigenvalue weighted by atomic mass is 10.1. The van der Waals surface area contributed by atoms with Crippen molar-refractivity contribution in [3.8, 4) is 0 Å². The van der Waals surface area contributed by atoms with Crippen molar-refractivity contribution >= 4 is 35.3 Å². The molecule has 2 rings (SSSR count). The van der Waals surface area contributed by atoms with Crippen molar-refractivity contribution < 1.29 is 4.79 Å². The number of nitrogens with zero attached hydrogens (tertiary/aromatic N) is 2. The van der Waals surface area contributed by atoms with Gasteiger partial charge in [0.2, 0.25) is 10.7 Å². The molecule has 6 nitrogen and oxygen atoms in total. The van der Waals surface area contributed by atoms with E-state index in [1.807, 2.05) is 13.0 Å². The molecule has 96 valence electrons. The largest absolute Gasteiger partial charge is 0.335 e. The fourth-order valence-corrected chi connectivity index (χ4v) is 1.99. The van der Waals surface area contributed by atoms with Crippen molar-refractivity contribution in [2.75, 3.05) is 11.7 Å². The first-order valence-electron chi connectivity index (χ1n) is 5.22. The van der Waals surface area contributed by atoms with E-state index in [9.17, 15) is 4.79 Å². The number of nitrogen functional groups attached to an aromatic ring is 1. The molecule has 0 bridgehead atoms. The summed E-state index contributed by atoms with van der Waals surface area (Å²) in [6.45, 7) is 1.92. The summed E-state index contributed by atoms with van der Waals surface area (Å²) in [7, 11) is 0. The number of halogens is 1. The van der Waals surface area contributed by atoms with E-state index in [-0.39, 0.29) is 11.8 Å². The fraction of sp³-hybridized carbons (Fsp3) is 0.300. The van der Waals surface area contributed by atoms with Crippen LogP contribution in [0.25, 0.3) is 5.57 Å². The summed E-state index contributed by atoms with van der Waals surface area (Å²) in [6.07, 6.45) is 2.42. The molecule has 0 atom stereocenters. The molecule has 0 aliphatic heterocycles. The molecular formula is C10H12ClN5OS. The molecule has 1 amide bonds. The Morgan fingerprint density at radius 2 is 2.50 bits per heavy atom. The molecule has 0 saturated carbocycles. The van der Waals surface area contributed by atoms with E-state index >= 15 is 0 Å². The van der Waals surface area contributed by atoms with Crippen LogP contribution in [0.15, 0.2) is 17.3 Å². The van der Waals surface area contributed by atoms with Crippen LogP contribution in [0.3, 0.4) is 0 Å². The van der Waals surface area contributed by atoms with Crippen molar-refractivity contribution in [3.05, 3.63) is 27.9 Å². The van der Waals surface area contributed by atoms with Gasteiger partial charge in [0.25, 0.3) is 0 Å². The van der Waals surface area contributed by atoms with Crippen molar-refractivity contribution in [3.63, 3.8) is 0 Å². The summed E-state index contributed by atoms with van der Waals surface area (Å²) in [6, 6.07) is 0. The molecule has 1 aliphatic carbocycles. The Morgan fingerprint density at radius 3 is 3.06 bits per heavy atom. The maximum atomic E-state index is 11.2. The van der Waals surface area contributed by atoms with Gasteiger partial charge in [0, 0.05) is 17.7 Å². The predicted octanol–water partition coefficient (Wildman–Crippen LogP) is 1.07. The highest BCUT2D eigenvalue weighted by Crippen LogP contribution is 2.30. The van der Waals surface area contributed by atoms with Gasteiger partial charge in [0.05, 0.1) is 0 Å². The molecule has 1 heterocycles. The minimum absolute atomic E-state index is 0.0681. The first-order chi connectivity index (χ1) is 8.52. The third-order valence-corrected chi connectivity index (χ3v) is 3.16. The number of aromatic nitrogens is 3. The van der Waals surface area contributed by atoms with Crippen LogP contribution >= 0.6 is 23.8 Å². The average Bonchev–Trinajstić information content (AvgIpc) is 2.84. The number of alkyl halides is 1. The second kappa shape index (κ2) is 4.95. The standard InChI is InChI=1S/C10H12ClN5OS/c1-5-2-6(13-8(17)4-11)3-7(5)9-14-15-10(18)16(9)12/h2H,3-4,12H2,1H3,(H,13,17)(H,15,18). The molecule has 0 aromatic carbocycles. The smallest absolute Gasteiger partial charge is 0.239 e. The van der Waals surface area contributed by atoms with Gasteiger partial charge in [-0.1, -0.05) is 0 Å². The lowest BCUT2D eigenvalue weighted by Gasteiger charge is -2.06. The highest BCUT2D eigenvalue weighted by molar-refractivity contribution is 7.71. The number of rotatable bonds is 3. The van der Waals surface area contributed by atoms with Gasteiger partial charge in [0.1, 0.15) is 5.88 Å². The first-order valence-corrected chi connectivity index (χ1v) is 6.16. The molecular weight excluding hydrogens is 274 g/mol. The van der Waals surface area contributed by atoms with Crippen LogP contribution in [0, 0.1) is 4.77 Å². The number of allylic oxidation sites excluding steroid dienone is 3. The van der Waals surface area contributed by atoms with Crippen LogP contribution in [0.1, 0.15) is 19.2 Å². The van der Waals surface area contributed by atoms with Gasteiger partial charge in [-0.25, -0.2) is 9.77 Å². The summed E-state index contributed by atoms with van der Waals surface area (Å²) < 4.78 is 1.66. The first kappa shape index (κ1) is 12.8. The van der Waals surface area contributed by atoms with E-state index in [1.54, 1.807) is 0 Å². The number of carbonyl (C=O) groups is 1. The Hall–Kier alpha value is -1.60. The zero-order valence-electron chi connectivity index (χ0n) is 9.66. The summed E-state index contributed by atoms with van der Waals surface area (Å²) in [5.41, 5.74) is 2.69. The van der Waals surface area contributed by atoms with Crippen molar-refractivity contribution in [2.24, 2.45) is 0 Å². The van der Waals surface area contributed by atoms with E-state index < -0.39 is 0 Å². The van der Waals surface area contributed by atoms with Gasteiger partial charge in [-0.2, -0.15) is 5.10 Å². The maximum absolute atomic E-state index is 11.2. The molecule has 0 spiro atoms. The van der Waals surface area contributed by atoms with E-state index in [4.69, 9.17) is 29.7 Å². The molecule has 1 aromatic heterocycles. The van der Waals surface area contributed by atoms with Gasteiger partial charge in [0.15, 0.2) is 5.82 Å². The van der Waals surface area contributed by atoms with E-state index in [1.165, 1.54) is 4.68 Å². The molecule has 1 aromatic rings.